The van der Waals surface area contributed by atoms with Crippen molar-refractivity contribution in [2.24, 2.45) is 11.7 Å². The highest BCUT2D eigenvalue weighted by Gasteiger charge is 2.22. The van der Waals surface area contributed by atoms with Crippen LogP contribution in [0.3, 0.4) is 0 Å². The normalized spacial score (nSPS) is 25.9. The average Bonchev–Trinajstić information content (AvgIpc) is 2.81. The second-order valence-electron chi connectivity index (χ2n) is 4.58. The van der Waals surface area contributed by atoms with Crippen LogP contribution in [0.2, 0.25) is 0 Å². The maximum absolute atomic E-state index is 11.8. The zero-order valence-corrected chi connectivity index (χ0v) is 10.4. The molecule has 4 N–H and O–H groups in total. The molecule has 0 saturated heterocycles. The van der Waals surface area contributed by atoms with Gasteiger partial charge in [0.2, 0.25) is 10.0 Å². The van der Waals surface area contributed by atoms with Crippen LogP contribution in [-0.4, -0.2) is 31.2 Å². The Bertz CT molecular complexity index is 443. The first-order valence-corrected chi connectivity index (χ1v) is 7.30. The average molecular weight is 258 g/mol. The fraction of sp³-hybridized carbons (Fsp3) is 0.700. The predicted octanol–water partition coefficient (Wildman–Crippen LogP) is 0.205. The Labute approximate surface area is 101 Å². The standard InChI is InChI=1S/C10H18N4O2S/c11-9-3-1-2-8(4-9)5-14-17(15,16)10-6-12-13-7-10/h6-9,14H,1-5,11H2,(H,12,13). The summed E-state index contributed by atoms with van der Waals surface area (Å²) in [5.41, 5.74) is 5.87. The molecule has 7 heteroatoms. The Balaban J connectivity index is 1.89. The van der Waals surface area contributed by atoms with Gasteiger partial charge in [-0.1, -0.05) is 6.42 Å². The first-order valence-electron chi connectivity index (χ1n) is 5.82. The van der Waals surface area contributed by atoms with Crippen molar-refractivity contribution in [1.29, 1.82) is 0 Å². The molecule has 1 aliphatic carbocycles. The fourth-order valence-corrected chi connectivity index (χ4v) is 3.24. The van der Waals surface area contributed by atoms with Crippen LogP contribution in [0.4, 0.5) is 0 Å². The summed E-state index contributed by atoms with van der Waals surface area (Å²) in [6.45, 7) is 0.460. The van der Waals surface area contributed by atoms with Gasteiger partial charge in [-0.05, 0) is 25.2 Å². The van der Waals surface area contributed by atoms with Crippen molar-refractivity contribution in [2.45, 2.75) is 36.6 Å². The molecule has 1 heterocycles. The van der Waals surface area contributed by atoms with Crippen molar-refractivity contribution < 1.29 is 8.42 Å². The van der Waals surface area contributed by atoms with Gasteiger partial charge in [0, 0.05) is 18.8 Å². The maximum atomic E-state index is 11.8. The van der Waals surface area contributed by atoms with E-state index in [4.69, 9.17) is 5.73 Å². The highest BCUT2D eigenvalue weighted by Crippen LogP contribution is 2.22. The molecule has 1 aromatic rings. The van der Waals surface area contributed by atoms with Crippen LogP contribution in [0, 0.1) is 5.92 Å². The van der Waals surface area contributed by atoms with Crippen molar-refractivity contribution in [3.63, 3.8) is 0 Å². The van der Waals surface area contributed by atoms with Crippen LogP contribution in [0.1, 0.15) is 25.7 Å². The summed E-state index contributed by atoms with van der Waals surface area (Å²) in [4.78, 5) is 0.178. The van der Waals surface area contributed by atoms with E-state index in [1.807, 2.05) is 0 Å². The molecule has 0 radical (unpaired) electrons. The number of rotatable bonds is 4. The van der Waals surface area contributed by atoms with Crippen LogP contribution >= 0.6 is 0 Å². The zero-order chi connectivity index (χ0) is 12.3. The van der Waals surface area contributed by atoms with E-state index in [-0.39, 0.29) is 10.9 Å². The minimum atomic E-state index is -3.42. The number of nitrogens with two attached hydrogens (primary N) is 1. The third-order valence-electron chi connectivity index (χ3n) is 3.17. The van der Waals surface area contributed by atoms with Crippen LogP contribution in [0.25, 0.3) is 0 Å². The lowest BCUT2D eigenvalue weighted by atomic mass is 9.86. The van der Waals surface area contributed by atoms with E-state index < -0.39 is 10.0 Å². The van der Waals surface area contributed by atoms with E-state index in [1.165, 1.54) is 12.4 Å². The van der Waals surface area contributed by atoms with E-state index in [1.54, 1.807) is 0 Å². The van der Waals surface area contributed by atoms with E-state index in [9.17, 15) is 8.42 Å². The lowest BCUT2D eigenvalue weighted by Gasteiger charge is -2.26. The zero-order valence-electron chi connectivity index (χ0n) is 9.59. The van der Waals surface area contributed by atoms with Crippen molar-refractivity contribution in [3.8, 4) is 0 Å². The van der Waals surface area contributed by atoms with Crippen LogP contribution in [-0.2, 0) is 10.0 Å². The highest BCUT2D eigenvalue weighted by molar-refractivity contribution is 7.89. The molecular weight excluding hydrogens is 240 g/mol. The fourth-order valence-electron chi connectivity index (χ4n) is 2.21. The van der Waals surface area contributed by atoms with Crippen LogP contribution in [0.15, 0.2) is 17.3 Å². The van der Waals surface area contributed by atoms with Crippen molar-refractivity contribution in [3.05, 3.63) is 12.4 Å². The minimum absolute atomic E-state index is 0.178. The highest BCUT2D eigenvalue weighted by atomic mass is 32.2. The summed E-state index contributed by atoms with van der Waals surface area (Å²) in [7, 11) is -3.42. The van der Waals surface area contributed by atoms with Gasteiger partial charge in [0.15, 0.2) is 0 Å². The molecule has 1 saturated carbocycles. The van der Waals surface area contributed by atoms with Gasteiger partial charge in [0.25, 0.3) is 0 Å². The molecular formula is C10H18N4O2S. The molecule has 2 unspecified atom stereocenters. The Morgan fingerprint density at radius 2 is 2.35 bits per heavy atom. The monoisotopic (exact) mass is 258 g/mol. The lowest BCUT2D eigenvalue weighted by molar-refractivity contribution is 0.322. The van der Waals surface area contributed by atoms with Gasteiger partial charge >= 0.3 is 0 Å². The van der Waals surface area contributed by atoms with E-state index in [0.29, 0.717) is 12.5 Å². The second kappa shape index (κ2) is 5.16. The third kappa shape index (κ3) is 3.27. The van der Waals surface area contributed by atoms with Gasteiger partial charge in [0.05, 0.1) is 6.20 Å². The molecule has 2 rings (SSSR count). The van der Waals surface area contributed by atoms with Crippen molar-refractivity contribution in [1.82, 2.24) is 14.9 Å². The van der Waals surface area contributed by atoms with Gasteiger partial charge in [-0.15, -0.1) is 0 Å². The summed E-state index contributed by atoms with van der Waals surface area (Å²) < 4.78 is 26.2. The van der Waals surface area contributed by atoms with Crippen molar-refractivity contribution >= 4 is 10.0 Å². The summed E-state index contributed by atoms with van der Waals surface area (Å²) >= 11 is 0. The van der Waals surface area contributed by atoms with Crippen molar-refractivity contribution in [2.75, 3.05) is 6.54 Å². The Morgan fingerprint density at radius 3 is 3.00 bits per heavy atom. The summed E-state index contributed by atoms with van der Waals surface area (Å²) in [6.07, 6.45) is 6.74. The number of aromatic amines is 1. The number of H-pyrrole nitrogens is 1. The quantitative estimate of drug-likeness (QED) is 0.718. The second-order valence-corrected chi connectivity index (χ2v) is 6.35. The number of hydrogen-bond donors (Lipinski definition) is 3. The summed E-state index contributed by atoms with van der Waals surface area (Å²) in [6, 6.07) is 0.215. The summed E-state index contributed by atoms with van der Waals surface area (Å²) in [5, 5.41) is 6.12. The van der Waals surface area contributed by atoms with Gasteiger partial charge < -0.3 is 5.73 Å². The number of nitrogens with one attached hydrogen (secondary N) is 2. The maximum Gasteiger partial charge on any atom is 0.243 e. The molecule has 1 fully saturated rings. The topological polar surface area (TPSA) is 101 Å². The lowest BCUT2D eigenvalue weighted by Crippen LogP contribution is -2.35. The largest absolute Gasteiger partial charge is 0.328 e. The van der Waals surface area contributed by atoms with E-state index >= 15 is 0 Å². The smallest absolute Gasteiger partial charge is 0.243 e. The third-order valence-corrected chi connectivity index (χ3v) is 4.56. The molecule has 1 aromatic heterocycles. The number of aromatic nitrogens is 2. The molecule has 1 aliphatic rings. The van der Waals surface area contributed by atoms with Crippen LogP contribution in [0.5, 0.6) is 0 Å². The van der Waals surface area contributed by atoms with Gasteiger partial charge in [-0.25, -0.2) is 13.1 Å². The molecule has 0 spiro atoms. The van der Waals surface area contributed by atoms with Gasteiger partial charge in [-0.2, -0.15) is 5.10 Å². The molecule has 17 heavy (non-hydrogen) atoms. The number of sulfonamides is 1. The Kier molecular flexibility index (Phi) is 3.80. The van der Waals surface area contributed by atoms with E-state index in [2.05, 4.69) is 14.9 Å². The number of hydrogen-bond acceptors (Lipinski definition) is 4. The predicted molar refractivity (Wildman–Crippen MR) is 63.7 cm³/mol. The Morgan fingerprint density at radius 1 is 1.53 bits per heavy atom. The van der Waals surface area contributed by atoms with Gasteiger partial charge in [0.1, 0.15) is 4.90 Å². The number of nitrogens with zero attached hydrogens (tertiary/aromatic N) is 1. The molecule has 0 amide bonds. The molecule has 0 aliphatic heterocycles. The van der Waals surface area contributed by atoms with Gasteiger partial charge in [-0.3, -0.25) is 5.10 Å². The first kappa shape index (κ1) is 12.5. The molecule has 2 atom stereocenters. The first-order chi connectivity index (χ1) is 8.08. The molecule has 96 valence electrons. The SMILES string of the molecule is NC1CCCC(CNS(=O)(=O)c2cn[nH]c2)C1. The van der Waals surface area contributed by atoms with E-state index in [0.717, 1.165) is 25.7 Å². The minimum Gasteiger partial charge on any atom is -0.328 e. The molecule has 6 nitrogen and oxygen atoms in total. The van der Waals surface area contributed by atoms with Crippen LogP contribution < -0.4 is 10.5 Å². The molecule has 0 aromatic carbocycles. The molecule has 0 bridgehead atoms. The summed E-state index contributed by atoms with van der Waals surface area (Å²) in [5.74, 6) is 0.348. The Hall–Kier alpha value is -0.920.